The van der Waals surface area contributed by atoms with E-state index in [0.717, 1.165) is 18.3 Å². The number of halogens is 6. The summed E-state index contributed by atoms with van der Waals surface area (Å²) in [7, 11) is 0. The first-order chi connectivity index (χ1) is 12.4. The summed E-state index contributed by atoms with van der Waals surface area (Å²) in [6, 6.07) is 6.06. The molecule has 1 heterocycles. The quantitative estimate of drug-likeness (QED) is 0.423. The molecular weight excluding hydrogens is 382 g/mol. The fourth-order valence-electron chi connectivity index (χ4n) is 2.29. The minimum atomic E-state index is -5.39. The average Bonchev–Trinajstić information content (AvgIpc) is 2.57. The van der Waals surface area contributed by atoms with Crippen LogP contribution in [-0.2, 0) is 23.1 Å². The van der Waals surface area contributed by atoms with Gasteiger partial charge in [-0.05, 0) is 6.07 Å². The number of rotatable bonds is 4. The van der Waals surface area contributed by atoms with Gasteiger partial charge >= 0.3 is 12.4 Å². The van der Waals surface area contributed by atoms with Crippen molar-refractivity contribution >= 4 is 5.91 Å². The van der Waals surface area contributed by atoms with Crippen LogP contribution in [0.1, 0.15) is 16.7 Å². The largest absolute Gasteiger partial charge is 0.430 e. The lowest BCUT2D eigenvalue weighted by atomic mass is 9.92. The Balaban J connectivity index is 2.29. The molecule has 0 aliphatic heterocycles. The summed E-state index contributed by atoms with van der Waals surface area (Å²) in [5.74, 6) is -1.87. The van der Waals surface area contributed by atoms with Crippen LogP contribution in [0, 0.1) is 0 Å². The number of alkyl halides is 6. The zero-order chi connectivity index (χ0) is 20.5. The topological polar surface area (TPSA) is 73.4 Å². The molecule has 1 aromatic heterocycles. The van der Waals surface area contributed by atoms with E-state index in [4.69, 9.17) is 0 Å². The van der Waals surface area contributed by atoms with E-state index in [-0.39, 0.29) is 10.3 Å². The zero-order valence-electron chi connectivity index (χ0n) is 13.3. The third-order valence-electron chi connectivity index (χ3n) is 3.62. The molecule has 1 atom stereocenters. The molecule has 27 heavy (non-hydrogen) atoms. The van der Waals surface area contributed by atoms with Gasteiger partial charge in [-0.15, -0.1) is 0 Å². The third kappa shape index (κ3) is 4.30. The number of aliphatic hydroxyl groups is 1. The molecule has 2 aromatic rings. The molecule has 0 fully saturated rings. The molecule has 0 bridgehead atoms. The van der Waals surface area contributed by atoms with Crippen molar-refractivity contribution in [3.63, 3.8) is 0 Å². The Hall–Kier alpha value is -2.82. The highest BCUT2D eigenvalue weighted by Crippen LogP contribution is 2.39. The van der Waals surface area contributed by atoms with Crippen molar-refractivity contribution in [3.8, 4) is 0 Å². The molecule has 0 unspecified atom stereocenters. The second-order valence-electron chi connectivity index (χ2n) is 5.57. The summed E-state index contributed by atoms with van der Waals surface area (Å²) >= 11 is 0. The van der Waals surface area contributed by atoms with Gasteiger partial charge in [-0.25, -0.2) is 0 Å². The van der Waals surface area contributed by atoms with Gasteiger partial charge in [0.1, 0.15) is 5.56 Å². The Morgan fingerprint density at radius 3 is 2.11 bits per heavy atom. The van der Waals surface area contributed by atoms with Gasteiger partial charge < -0.3 is 10.4 Å². The van der Waals surface area contributed by atoms with Crippen molar-refractivity contribution in [3.05, 3.63) is 65.5 Å². The Bertz CT molecular complexity index is 823. The number of hydrogen-bond donors (Lipinski definition) is 3. The van der Waals surface area contributed by atoms with Crippen LogP contribution in [0.3, 0.4) is 0 Å². The first-order valence-corrected chi connectivity index (χ1v) is 7.30. The molecule has 0 spiro atoms. The maximum Gasteiger partial charge on any atom is 0.430 e. The van der Waals surface area contributed by atoms with Gasteiger partial charge in [-0.2, -0.15) is 26.3 Å². The maximum absolute atomic E-state index is 13.3. The smallest absolute Gasteiger partial charge is 0.369 e. The van der Waals surface area contributed by atoms with E-state index in [1.807, 2.05) is 0 Å². The van der Waals surface area contributed by atoms with E-state index in [1.165, 1.54) is 18.2 Å². The van der Waals surface area contributed by atoms with E-state index in [1.54, 1.807) is 5.32 Å². The summed E-state index contributed by atoms with van der Waals surface area (Å²) < 4.78 is 78.2. The van der Waals surface area contributed by atoms with Gasteiger partial charge in [0.2, 0.25) is 12.4 Å². The van der Waals surface area contributed by atoms with Gasteiger partial charge in [0, 0.05) is 22.4 Å². The Morgan fingerprint density at radius 2 is 1.59 bits per heavy atom. The molecule has 1 aromatic carbocycles. The molecule has 5 nitrogen and oxygen atoms in total. The number of amides is 1. The standard InChI is InChI=1S/C16H12F6N2O3/c17-15(18,19)12-6-10(8-24(27)9-12)7-23-13(25)14(26,16(20,21)22)11-4-2-1-3-5-11/h1-6,8-9,26H,7H2,(H-,23,25,27)/p+1/t14-/m1/s1. The highest BCUT2D eigenvalue weighted by atomic mass is 19.4. The van der Waals surface area contributed by atoms with Crippen LogP contribution < -0.4 is 10.0 Å². The second-order valence-corrected chi connectivity index (χ2v) is 5.57. The predicted molar refractivity (Wildman–Crippen MR) is 77.1 cm³/mol. The lowest BCUT2D eigenvalue weighted by Gasteiger charge is -2.29. The number of benzene rings is 1. The van der Waals surface area contributed by atoms with Crippen LogP contribution in [0.4, 0.5) is 26.3 Å². The fraction of sp³-hybridized carbons (Fsp3) is 0.250. The van der Waals surface area contributed by atoms with Gasteiger partial charge in [-0.1, -0.05) is 30.3 Å². The Morgan fingerprint density at radius 1 is 1.00 bits per heavy atom. The number of carbonyl (C=O) groups is 1. The summed E-state index contributed by atoms with van der Waals surface area (Å²) in [6.07, 6.45) is -9.09. The number of nitrogens with zero attached hydrogens (tertiary/aromatic N) is 1. The normalized spacial score (nSPS) is 14.5. The average molecular weight is 395 g/mol. The molecular formula is C16H13F6N2O3+. The van der Waals surface area contributed by atoms with Crippen molar-refractivity contribution in [2.45, 2.75) is 24.5 Å². The van der Waals surface area contributed by atoms with Gasteiger partial charge in [0.05, 0.1) is 0 Å². The van der Waals surface area contributed by atoms with Crippen LogP contribution in [0.15, 0.2) is 48.8 Å². The summed E-state index contributed by atoms with van der Waals surface area (Å²) in [4.78, 5) is 12.1. The van der Waals surface area contributed by atoms with Crippen LogP contribution in [0.25, 0.3) is 0 Å². The molecule has 0 radical (unpaired) electrons. The summed E-state index contributed by atoms with van der Waals surface area (Å²) in [5, 5.41) is 21.0. The van der Waals surface area contributed by atoms with Crippen molar-refractivity contribution in [2.75, 3.05) is 0 Å². The zero-order valence-corrected chi connectivity index (χ0v) is 13.3. The van der Waals surface area contributed by atoms with Crippen LogP contribution in [0.5, 0.6) is 0 Å². The van der Waals surface area contributed by atoms with Gasteiger partial charge in [-0.3, -0.25) is 10.0 Å². The number of aromatic nitrogens is 1. The number of nitrogens with one attached hydrogen (secondary N) is 1. The SMILES string of the molecule is O=C(NCc1cc(C(F)(F)F)c[n+](O)c1)[C@](O)(c1ccccc1)C(F)(F)F. The molecule has 146 valence electrons. The highest BCUT2D eigenvalue weighted by Gasteiger charge is 2.60. The highest BCUT2D eigenvalue weighted by molar-refractivity contribution is 5.87. The molecule has 3 N–H and O–H groups in total. The van der Waals surface area contributed by atoms with Gasteiger partial charge in [0.25, 0.3) is 11.5 Å². The van der Waals surface area contributed by atoms with Crippen molar-refractivity contribution in [1.82, 2.24) is 5.32 Å². The minimum Gasteiger partial charge on any atom is -0.369 e. The third-order valence-corrected chi connectivity index (χ3v) is 3.62. The lowest BCUT2D eigenvalue weighted by Crippen LogP contribution is -2.54. The van der Waals surface area contributed by atoms with Crippen molar-refractivity contribution < 1.29 is 46.2 Å². The fourth-order valence-corrected chi connectivity index (χ4v) is 2.29. The predicted octanol–water partition coefficient (Wildman–Crippen LogP) is 2.30. The molecule has 0 saturated heterocycles. The van der Waals surface area contributed by atoms with E-state index in [0.29, 0.717) is 12.3 Å². The lowest BCUT2D eigenvalue weighted by molar-refractivity contribution is -0.905. The van der Waals surface area contributed by atoms with E-state index >= 15 is 0 Å². The molecule has 1 amide bonds. The summed E-state index contributed by atoms with van der Waals surface area (Å²) in [5.41, 5.74) is -6.26. The Kier molecular flexibility index (Phi) is 5.36. The Labute approximate surface area is 148 Å². The maximum atomic E-state index is 13.3. The first kappa shape index (κ1) is 20.5. The van der Waals surface area contributed by atoms with Crippen molar-refractivity contribution in [1.29, 1.82) is 0 Å². The van der Waals surface area contributed by atoms with E-state index in [9.17, 15) is 41.5 Å². The van der Waals surface area contributed by atoms with E-state index < -0.39 is 41.5 Å². The monoisotopic (exact) mass is 395 g/mol. The van der Waals surface area contributed by atoms with Crippen LogP contribution >= 0.6 is 0 Å². The second kappa shape index (κ2) is 7.06. The van der Waals surface area contributed by atoms with Crippen LogP contribution in [-0.4, -0.2) is 22.4 Å². The number of carbonyl (C=O) groups excluding carboxylic acids is 1. The van der Waals surface area contributed by atoms with Crippen molar-refractivity contribution in [2.24, 2.45) is 0 Å². The minimum absolute atomic E-state index is 0.0669. The summed E-state index contributed by atoms with van der Waals surface area (Å²) in [6.45, 7) is -0.797. The molecule has 0 aliphatic rings. The number of pyridine rings is 1. The van der Waals surface area contributed by atoms with Crippen LogP contribution in [0.2, 0.25) is 0 Å². The van der Waals surface area contributed by atoms with Gasteiger partial charge in [0.15, 0.2) is 0 Å². The molecule has 2 rings (SSSR count). The molecule has 11 heteroatoms. The molecule has 0 aliphatic carbocycles. The number of hydrogen-bond acceptors (Lipinski definition) is 3. The first-order valence-electron chi connectivity index (χ1n) is 7.30. The molecule has 0 saturated carbocycles. The van der Waals surface area contributed by atoms with E-state index in [2.05, 4.69) is 0 Å².